The van der Waals surface area contributed by atoms with Crippen molar-refractivity contribution in [1.82, 2.24) is 10.1 Å². The first kappa shape index (κ1) is 16.1. The Morgan fingerprint density at radius 3 is 2.56 bits per heavy atom. The number of benzene rings is 2. The minimum atomic E-state index is -0.734. The lowest BCUT2D eigenvalue weighted by Crippen LogP contribution is -2.13. The predicted molar refractivity (Wildman–Crippen MR) is 86.6 cm³/mol. The number of amides is 1. The fourth-order valence-electron chi connectivity index (χ4n) is 1.97. The predicted octanol–water partition coefficient (Wildman–Crippen LogP) is 3.39. The minimum absolute atomic E-state index is 0.0462. The molecule has 0 radical (unpaired) electrons. The number of rotatable bonds is 5. The Balaban J connectivity index is 1.59. The van der Waals surface area contributed by atoms with Crippen molar-refractivity contribution in [3.63, 3.8) is 0 Å². The number of nitrogens with one attached hydrogen (secondary N) is 1. The molecule has 0 aliphatic rings. The maximum atomic E-state index is 11.7. The lowest BCUT2D eigenvalue weighted by Gasteiger charge is -2.03. The number of aromatic nitrogens is 2. The highest BCUT2D eigenvalue weighted by Gasteiger charge is 2.13. The maximum Gasteiger partial charge on any atom is 0.415 e. The number of nitrogens with zero attached hydrogens (tertiary/aromatic N) is 3. The molecule has 0 aliphatic heterocycles. The monoisotopic (exact) mass is 340 g/mol. The summed E-state index contributed by atoms with van der Waals surface area (Å²) >= 11 is 0. The molecule has 0 bridgehead atoms. The van der Waals surface area contributed by atoms with E-state index in [9.17, 15) is 14.9 Å². The Hall–Kier alpha value is -3.75. The Morgan fingerprint density at radius 1 is 1.16 bits per heavy atom. The third-order valence-electron chi connectivity index (χ3n) is 3.18. The summed E-state index contributed by atoms with van der Waals surface area (Å²) in [6.07, 6.45) is -0.734. The van der Waals surface area contributed by atoms with Crippen LogP contribution in [0, 0.1) is 10.1 Å². The van der Waals surface area contributed by atoms with Gasteiger partial charge in [-0.3, -0.25) is 10.1 Å². The van der Waals surface area contributed by atoms with Gasteiger partial charge in [0.2, 0.25) is 5.82 Å². The van der Waals surface area contributed by atoms with E-state index in [1.54, 1.807) is 0 Å². The molecular formula is C16H12N4O5. The molecule has 126 valence electrons. The summed E-state index contributed by atoms with van der Waals surface area (Å²) in [5.41, 5.74) is 1.31. The highest BCUT2D eigenvalue weighted by atomic mass is 16.6. The van der Waals surface area contributed by atoms with Crippen molar-refractivity contribution in [1.29, 1.82) is 0 Å². The number of hydrogen-bond donors (Lipinski definition) is 1. The van der Waals surface area contributed by atoms with Crippen LogP contribution in [0.4, 0.5) is 16.5 Å². The van der Waals surface area contributed by atoms with E-state index in [4.69, 9.17) is 9.26 Å². The van der Waals surface area contributed by atoms with Gasteiger partial charge in [-0.05, 0) is 17.7 Å². The van der Waals surface area contributed by atoms with Gasteiger partial charge < -0.3 is 9.26 Å². The molecule has 0 aliphatic carbocycles. The van der Waals surface area contributed by atoms with Gasteiger partial charge >= 0.3 is 12.1 Å². The van der Waals surface area contributed by atoms with Gasteiger partial charge in [0.25, 0.3) is 5.69 Å². The molecule has 0 spiro atoms. The number of non-ortho nitro benzene ring substituents is 1. The normalized spacial score (nSPS) is 10.2. The summed E-state index contributed by atoms with van der Waals surface area (Å²) in [6.45, 7) is 0.107. The Kier molecular flexibility index (Phi) is 4.65. The van der Waals surface area contributed by atoms with Crippen LogP contribution in [0.25, 0.3) is 11.4 Å². The molecule has 0 atom stereocenters. The summed E-state index contributed by atoms with van der Waals surface area (Å²) in [7, 11) is 0. The van der Waals surface area contributed by atoms with Crippen LogP contribution >= 0.6 is 0 Å². The molecule has 25 heavy (non-hydrogen) atoms. The fraction of sp³-hybridized carbons (Fsp3) is 0.0625. The minimum Gasteiger partial charge on any atom is -0.444 e. The van der Waals surface area contributed by atoms with Crippen LogP contribution in [0.5, 0.6) is 0 Å². The standard InChI is InChI=1S/C16H12N4O5/c21-16(24-10-11-4-2-1-3-5-11)18-15-17-14(19-25-15)12-6-8-13(9-7-12)20(22)23/h1-9H,10H2,(H,17,18,19,21). The van der Waals surface area contributed by atoms with Gasteiger partial charge in [0.05, 0.1) is 4.92 Å². The molecule has 3 rings (SSSR count). The zero-order chi connectivity index (χ0) is 17.6. The second kappa shape index (κ2) is 7.21. The van der Waals surface area contributed by atoms with Crippen LogP contribution in [0.3, 0.4) is 0 Å². The first-order valence-electron chi connectivity index (χ1n) is 7.18. The average Bonchev–Trinajstić information content (AvgIpc) is 3.09. The van der Waals surface area contributed by atoms with Crippen molar-refractivity contribution in [2.75, 3.05) is 5.32 Å². The van der Waals surface area contributed by atoms with Crippen LogP contribution < -0.4 is 5.32 Å². The Morgan fingerprint density at radius 2 is 1.88 bits per heavy atom. The second-order valence-electron chi connectivity index (χ2n) is 4.91. The van der Waals surface area contributed by atoms with Gasteiger partial charge in [0.1, 0.15) is 6.61 Å². The average molecular weight is 340 g/mol. The highest BCUT2D eigenvalue weighted by molar-refractivity contribution is 5.82. The number of carbonyl (C=O) groups excluding carboxylic acids is 1. The van der Waals surface area contributed by atoms with E-state index >= 15 is 0 Å². The molecule has 1 N–H and O–H groups in total. The van der Waals surface area contributed by atoms with E-state index in [2.05, 4.69) is 15.5 Å². The topological polar surface area (TPSA) is 120 Å². The van der Waals surface area contributed by atoms with Gasteiger partial charge in [0, 0.05) is 17.7 Å². The van der Waals surface area contributed by atoms with E-state index in [-0.39, 0.29) is 24.1 Å². The molecule has 9 nitrogen and oxygen atoms in total. The van der Waals surface area contributed by atoms with E-state index < -0.39 is 11.0 Å². The SMILES string of the molecule is O=C(Nc1nc(-c2ccc([N+](=O)[O-])cc2)no1)OCc1ccccc1. The number of nitro benzene ring substituents is 1. The third kappa shape index (κ3) is 4.16. The lowest BCUT2D eigenvalue weighted by atomic mass is 10.2. The first-order chi connectivity index (χ1) is 12.1. The summed E-state index contributed by atoms with van der Waals surface area (Å²) in [6, 6.07) is 14.7. The maximum absolute atomic E-state index is 11.7. The Bertz CT molecular complexity index is 877. The smallest absolute Gasteiger partial charge is 0.415 e. The molecule has 0 fully saturated rings. The number of ether oxygens (including phenoxy) is 1. The zero-order valence-electron chi connectivity index (χ0n) is 12.8. The zero-order valence-corrected chi connectivity index (χ0v) is 12.8. The summed E-state index contributed by atoms with van der Waals surface area (Å²) in [5.74, 6) is 0.188. The molecule has 3 aromatic rings. The lowest BCUT2D eigenvalue weighted by molar-refractivity contribution is -0.384. The van der Waals surface area contributed by atoms with E-state index in [1.807, 2.05) is 30.3 Å². The van der Waals surface area contributed by atoms with Crippen LogP contribution in [-0.4, -0.2) is 21.2 Å². The first-order valence-corrected chi connectivity index (χ1v) is 7.18. The molecule has 0 unspecified atom stereocenters. The van der Waals surface area contributed by atoms with Gasteiger partial charge in [0.15, 0.2) is 0 Å². The molecule has 1 amide bonds. The van der Waals surface area contributed by atoms with Crippen molar-refractivity contribution in [2.24, 2.45) is 0 Å². The van der Waals surface area contributed by atoms with Gasteiger partial charge in [-0.2, -0.15) is 4.98 Å². The van der Waals surface area contributed by atoms with E-state index in [0.717, 1.165) is 5.56 Å². The fourth-order valence-corrected chi connectivity index (χ4v) is 1.97. The molecule has 0 saturated carbocycles. The van der Waals surface area contributed by atoms with Crippen LogP contribution in [0.1, 0.15) is 5.56 Å². The van der Waals surface area contributed by atoms with Gasteiger partial charge in [-0.1, -0.05) is 35.5 Å². The van der Waals surface area contributed by atoms with Gasteiger partial charge in [-0.15, -0.1) is 0 Å². The Labute approximate surface area is 141 Å². The summed E-state index contributed by atoms with van der Waals surface area (Å²) in [5, 5.41) is 16.7. The molecule has 9 heteroatoms. The van der Waals surface area contributed by atoms with Crippen LogP contribution in [0.15, 0.2) is 59.1 Å². The largest absolute Gasteiger partial charge is 0.444 e. The highest BCUT2D eigenvalue weighted by Crippen LogP contribution is 2.21. The van der Waals surface area contributed by atoms with Crippen molar-refractivity contribution < 1.29 is 19.0 Å². The van der Waals surface area contributed by atoms with Crippen LogP contribution in [0.2, 0.25) is 0 Å². The van der Waals surface area contributed by atoms with E-state index in [1.165, 1.54) is 24.3 Å². The van der Waals surface area contributed by atoms with Crippen molar-refractivity contribution in [3.05, 3.63) is 70.3 Å². The van der Waals surface area contributed by atoms with Crippen molar-refractivity contribution in [2.45, 2.75) is 6.61 Å². The van der Waals surface area contributed by atoms with Crippen LogP contribution in [-0.2, 0) is 11.3 Å². The number of anilines is 1. The summed E-state index contributed by atoms with van der Waals surface area (Å²) < 4.78 is 9.95. The molecule has 1 aromatic heterocycles. The number of carbonyl (C=O) groups is 1. The molecular weight excluding hydrogens is 328 g/mol. The van der Waals surface area contributed by atoms with Crippen molar-refractivity contribution >= 4 is 17.8 Å². The molecule has 1 heterocycles. The number of hydrogen-bond acceptors (Lipinski definition) is 7. The molecule has 0 saturated heterocycles. The van der Waals surface area contributed by atoms with E-state index in [0.29, 0.717) is 5.56 Å². The second-order valence-corrected chi connectivity index (χ2v) is 4.91. The molecule has 2 aromatic carbocycles. The van der Waals surface area contributed by atoms with Crippen molar-refractivity contribution in [3.8, 4) is 11.4 Å². The van der Waals surface area contributed by atoms with Gasteiger partial charge in [-0.25, -0.2) is 10.1 Å². The third-order valence-corrected chi connectivity index (χ3v) is 3.18. The quantitative estimate of drug-likeness (QED) is 0.558. The summed E-state index contributed by atoms with van der Waals surface area (Å²) in [4.78, 5) is 25.8. The number of nitro groups is 1.